The Morgan fingerprint density at radius 1 is 1.35 bits per heavy atom. The fourth-order valence-electron chi connectivity index (χ4n) is 1.93. The highest BCUT2D eigenvalue weighted by Crippen LogP contribution is 2.20. The number of hydrogen-bond donors (Lipinski definition) is 0. The molecule has 1 aromatic heterocycles. The molecule has 0 fully saturated rings. The maximum atomic E-state index is 12.3. The van der Waals surface area contributed by atoms with Crippen molar-refractivity contribution in [1.82, 2.24) is 10.1 Å². The zero-order valence-electron chi connectivity index (χ0n) is 11.8. The standard InChI is InChI=1S/C16H18N2O2/c1-4-18(11-12(2)3)16(19)14-10-15(20-17-14)13-8-6-5-7-9-13/h5-10H,2,4,11H2,1,3H3. The van der Waals surface area contributed by atoms with Gasteiger partial charge < -0.3 is 9.42 Å². The number of nitrogens with zero attached hydrogens (tertiary/aromatic N) is 2. The Hall–Kier alpha value is -2.36. The van der Waals surface area contributed by atoms with Crippen LogP contribution in [0.4, 0.5) is 0 Å². The Labute approximate surface area is 118 Å². The van der Waals surface area contributed by atoms with Gasteiger partial charge in [-0.05, 0) is 13.8 Å². The molecule has 0 aliphatic rings. The Bertz CT molecular complexity index is 602. The Kier molecular flexibility index (Phi) is 4.35. The molecule has 1 heterocycles. The minimum Gasteiger partial charge on any atom is -0.355 e. The molecular formula is C16H18N2O2. The third kappa shape index (κ3) is 3.15. The van der Waals surface area contributed by atoms with Crippen molar-refractivity contribution >= 4 is 5.91 Å². The summed E-state index contributed by atoms with van der Waals surface area (Å²) in [5.74, 6) is 0.460. The summed E-state index contributed by atoms with van der Waals surface area (Å²) < 4.78 is 5.25. The van der Waals surface area contributed by atoms with E-state index in [1.54, 1.807) is 11.0 Å². The van der Waals surface area contributed by atoms with E-state index in [4.69, 9.17) is 4.52 Å². The molecule has 4 heteroatoms. The van der Waals surface area contributed by atoms with E-state index < -0.39 is 0 Å². The fourth-order valence-corrected chi connectivity index (χ4v) is 1.93. The predicted molar refractivity (Wildman–Crippen MR) is 78.3 cm³/mol. The van der Waals surface area contributed by atoms with E-state index in [1.807, 2.05) is 44.2 Å². The number of amides is 1. The number of aromatic nitrogens is 1. The Morgan fingerprint density at radius 2 is 2.05 bits per heavy atom. The zero-order chi connectivity index (χ0) is 14.5. The van der Waals surface area contributed by atoms with E-state index in [2.05, 4.69) is 11.7 Å². The normalized spacial score (nSPS) is 10.3. The minimum absolute atomic E-state index is 0.138. The van der Waals surface area contributed by atoms with Gasteiger partial charge in [0, 0.05) is 24.7 Å². The van der Waals surface area contributed by atoms with Crippen LogP contribution in [0.3, 0.4) is 0 Å². The second-order valence-electron chi connectivity index (χ2n) is 4.72. The molecule has 0 bridgehead atoms. The molecule has 4 nitrogen and oxygen atoms in total. The third-order valence-corrected chi connectivity index (χ3v) is 2.92. The van der Waals surface area contributed by atoms with Crippen LogP contribution in [0.25, 0.3) is 11.3 Å². The summed E-state index contributed by atoms with van der Waals surface area (Å²) in [5, 5.41) is 3.87. The lowest BCUT2D eigenvalue weighted by Crippen LogP contribution is -2.32. The summed E-state index contributed by atoms with van der Waals surface area (Å²) in [7, 11) is 0. The van der Waals surface area contributed by atoms with Crippen LogP contribution in [-0.4, -0.2) is 29.1 Å². The lowest BCUT2D eigenvalue weighted by Gasteiger charge is -2.19. The lowest BCUT2D eigenvalue weighted by atomic mass is 10.1. The van der Waals surface area contributed by atoms with Crippen molar-refractivity contribution < 1.29 is 9.32 Å². The molecule has 0 saturated heterocycles. The van der Waals surface area contributed by atoms with Crippen molar-refractivity contribution in [1.29, 1.82) is 0 Å². The first-order valence-electron chi connectivity index (χ1n) is 6.57. The third-order valence-electron chi connectivity index (χ3n) is 2.92. The van der Waals surface area contributed by atoms with E-state index in [1.165, 1.54) is 0 Å². The summed E-state index contributed by atoms with van der Waals surface area (Å²) in [6, 6.07) is 11.3. The van der Waals surface area contributed by atoms with Gasteiger partial charge in [0.05, 0.1) is 0 Å². The highest BCUT2D eigenvalue weighted by atomic mass is 16.5. The Morgan fingerprint density at radius 3 is 2.65 bits per heavy atom. The first-order chi connectivity index (χ1) is 9.61. The number of carbonyl (C=O) groups is 1. The first-order valence-corrected chi connectivity index (χ1v) is 6.57. The lowest BCUT2D eigenvalue weighted by molar-refractivity contribution is 0.0768. The number of carbonyl (C=O) groups excluding carboxylic acids is 1. The molecule has 0 spiro atoms. The monoisotopic (exact) mass is 270 g/mol. The quantitative estimate of drug-likeness (QED) is 0.782. The molecule has 0 atom stereocenters. The van der Waals surface area contributed by atoms with Gasteiger partial charge in [0.2, 0.25) is 0 Å². The van der Waals surface area contributed by atoms with E-state index in [9.17, 15) is 4.79 Å². The maximum Gasteiger partial charge on any atom is 0.276 e. The molecule has 2 rings (SSSR count). The van der Waals surface area contributed by atoms with Crippen LogP contribution in [0.1, 0.15) is 24.3 Å². The van der Waals surface area contributed by atoms with Crippen LogP contribution >= 0.6 is 0 Å². The van der Waals surface area contributed by atoms with Gasteiger partial charge in [-0.25, -0.2) is 0 Å². The summed E-state index contributed by atoms with van der Waals surface area (Å²) in [6.07, 6.45) is 0. The molecule has 0 radical (unpaired) electrons. The zero-order valence-corrected chi connectivity index (χ0v) is 11.8. The van der Waals surface area contributed by atoms with E-state index in [-0.39, 0.29) is 5.91 Å². The molecule has 1 amide bonds. The number of likely N-dealkylation sites (N-methyl/N-ethyl adjacent to an activating group) is 1. The smallest absolute Gasteiger partial charge is 0.276 e. The summed E-state index contributed by atoms with van der Waals surface area (Å²) >= 11 is 0. The van der Waals surface area contributed by atoms with Gasteiger partial charge in [0.15, 0.2) is 11.5 Å². The molecule has 2 aromatic rings. The second kappa shape index (κ2) is 6.19. The average Bonchev–Trinajstić information content (AvgIpc) is 2.94. The number of rotatable bonds is 5. The van der Waals surface area contributed by atoms with Crippen molar-refractivity contribution in [3.63, 3.8) is 0 Å². The van der Waals surface area contributed by atoms with Gasteiger partial charge in [-0.15, -0.1) is 0 Å². The average molecular weight is 270 g/mol. The topological polar surface area (TPSA) is 46.3 Å². The van der Waals surface area contributed by atoms with Crippen molar-refractivity contribution in [2.45, 2.75) is 13.8 Å². The van der Waals surface area contributed by atoms with E-state index in [0.29, 0.717) is 24.5 Å². The predicted octanol–water partition coefficient (Wildman–Crippen LogP) is 3.38. The minimum atomic E-state index is -0.138. The molecule has 0 aliphatic carbocycles. The molecule has 1 aromatic carbocycles. The highest BCUT2D eigenvalue weighted by Gasteiger charge is 2.19. The van der Waals surface area contributed by atoms with Gasteiger partial charge in [-0.1, -0.05) is 47.6 Å². The maximum absolute atomic E-state index is 12.3. The van der Waals surface area contributed by atoms with Crippen LogP contribution in [0.2, 0.25) is 0 Å². The number of benzene rings is 1. The molecule has 0 N–H and O–H groups in total. The van der Waals surface area contributed by atoms with Crippen LogP contribution in [0, 0.1) is 0 Å². The number of hydrogen-bond acceptors (Lipinski definition) is 3. The highest BCUT2D eigenvalue weighted by molar-refractivity contribution is 5.93. The van der Waals surface area contributed by atoms with Crippen molar-refractivity contribution in [3.8, 4) is 11.3 Å². The largest absolute Gasteiger partial charge is 0.355 e. The summed E-state index contributed by atoms with van der Waals surface area (Å²) in [4.78, 5) is 14.0. The first kappa shape index (κ1) is 14.1. The van der Waals surface area contributed by atoms with E-state index >= 15 is 0 Å². The van der Waals surface area contributed by atoms with Gasteiger partial charge in [-0.2, -0.15) is 0 Å². The molecule has 20 heavy (non-hydrogen) atoms. The van der Waals surface area contributed by atoms with E-state index in [0.717, 1.165) is 11.1 Å². The van der Waals surface area contributed by atoms with Crippen LogP contribution in [0.15, 0.2) is 53.1 Å². The van der Waals surface area contributed by atoms with Crippen molar-refractivity contribution in [3.05, 3.63) is 54.2 Å². The SMILES string of the molecule is C=C(C)CN(CC)C(=O)c1cc(-c2ccccc2)on1. The van der Waals surface area contributed by atoms with Crippen LogP contribution in [-0.2, 0) is 0 Å². The second-order valence-corrected chi connectivity index (χ2v) is 4.72. The fraction of sp³-hybridized carbons (Fsp3) is 0.250. The van der Waals surface area contributed by atoms with Gasteiger partial charge in [0.1, 0.15) is 0 Å². The van der Waals surface area contributed by atoms with Crippen LogP contribution < -0.4 is 0 Å². The molecule has 0 saturated carbocycles. The molecule has 0 unspecified atom stereocenters. The molecule has 104 valence electrons. The van der Waals surface area contributed by atoms with Crippen molar-refractivity contribution in [2.24, 2.45) is 0 Å². The summed E-state index contributed by atoms with van der Waals surface area (Å²) in [6.45, 7) is 8.80. The van der Waals surface area contributed by atoms with Crippen LogP contribution in [0.5, 0.6) is 0 Å². The molecule has 0 aliphatic heterocycles. The van der Waals surface area contributed by atoms with Gasteiger partial charge in [0.25, 0.3) is 5.91 Å². The van der Waals surface area contributed by atoms with Gasteiger partial charge in [-0.3, -0.25) is 4.79 Å². The van der Waals surface area contributed by atoms with Gasteiger partial charge >= 0.3 is 0 Å². The Balaban J connectivity index is 2.20. The molecular weight excluding hydrogens is 252 g/mol. The van der Waals surface area contributed by atoms with Crippen molar-refractivity contribution in [2.75, 3.05) is 13.1 Å². The summed E-state index contributed by atoms with van der Waals surface area (Å²) in [5.41, 5.74) is 2.17.